The van der Waals surface area contributed by atoms with E-state index < -0.39 is 24.1 Å². The number of hydrogen-bond donors (Lipinski definition) is 5. The van der Waals surface area contributed by atoms with Crippen molar-refractivity contribution in [2.75, 3.05) is 13.6 Å². The van der Waals surface area contributed by atoms with Gasteiger partial charge in [-0.15, -0.1) is 0 Å². The van der Waals surface area contributed by atoms with Gasteiger partial charge >= 0.3 is 11.9 Å². The molecule has 5 atom stereocenters. The summed E-state index contributed by atoms with van der Waals surface area (Å²) in [6, 6.07) is 6.85. The highest BCUT2D eigenvalue weighted by Crippen LogP contribution is 2.55. The molecule has 31 heavy (non-hydrogen) atoms. The molecule has 1 aliphatic heterocycles. The number of phenols is 1. The standard InChI is InChI=1S/C17H23NO.C4H6O6.2H2O/c1-18-9-8-17-7-3-2-4-14(17)16(18)10-12-5-6-13(19)11-15(12)17;5-1(3(7)8)2(6)4(9)10;;/h5-6,11,14,16,19H,2-4,7-10H2,1H3;1-2,5-6H,(H,7,8)(H,9,10);2*1H2/t14-,16+,17+;1-,2-;;/m00../s1. The van der Waals surface area contributed by atoms with Gasteiger partial charge in [0.1, 0.15) is 5.75 Å². The summed E-state index contributed by atoms with van der Waals surface area (Å²) in [6.45, 7) is 1.22. The van der Waals surface area contributed by atoms with E-state index in [-0.39, 0.29) is 11.0 Å². The Morgan fingerprint density at radius 1 is 1.06 bits per heavy atom. The number of benzene rings is 1. The Morgan fingerprint density at radius 2 is 1.68 bits per heavy atom. The summed E-state index contributed by atoms with van der Waals surface area (Å²) in [6.07, 6.45) is 3.39. The minimum absolute atomic E-state index is 0. The zero-order valence-electron chi connectivity index (χ0n) is 17.5. The number of aliphatic carboxylic acids is 2. The van der Waals surface area contributed by atoms with Gasteiger partial charge in [0.25, 0.3) is 0 Å². The van der Waals surface area contributed by atoms with E-state index in [9.17, 15) is 14.7 Å². The number of aliphatic hydroxyl groups excluding tert-OH is 2. The summed E-state index contributed by atoms with van der Waals surface area (Å²) < 4.78 is 0. The average Bonchev–Trinajstić information content (AvgIpc) is 2.70. The topological polar surface area (TPSA) is 202 Å². The molecule has 0 radical (unpaired) electrons. The first-order chi connectivity index (χ1) is 13.7. The number of carbonyl (C=O) groups is 2. The van der Waals surface area contributed by atoms with Crippen LogP contribution in [0.15, 0.2) is 18.2 Å². The quantitative estimate of drug-likeness (QED) is 0.403. The van der Waals surface area contributed by atoms with Crippen LogP contribution in [0.2, 0.25) is 0 Å². The monoisotopic (exact) mass is 443 g/mol. The number of nitrogens with zero attached hydrogens (tertiary/aromatic N) is 1. The molecule has 0 aromatic heterocycles. The van der Waals surface area contributed by atoms with Gasteiger partial charge in [-0.25, -0.2) is 9.59 Å². The molecular weight excluding hydrogens is 410 g/mol. The van der Waals surface area contributed by atoms with E-state index >= 15 is 0 Å². The number of likely N-dealkylation sites (N-methyl/N-ethyl adjacent to an activating group) is 1. The summed E-state index contributed by atoms with van der Waals surface area (Å²) in [4.78, 5) is 22.1. The van der Waals surface area contributed by atoms with Gasteiger partial charge in [0.15, 0.2) is 12.2 Å². The number of fused-ring (bicyclic) bond motifs is 1. The molecule has 176 valence electrons. The zero-order chi connectivity index (χ0) is 21.3. The van der Waals surface area contributed by atoms with Crippen LogP contribution in [0.4, 0.5) is 0 Å². The molecular formula is C21H33NO9. The summed E-state index contributed by atoms with van der Waals surface area (Å²) in [5.74, 6) is -2.27. The number of aromatic hydroxyl groups is 1. The van der Waals surface area contributed by atoms with Gasteiger partial charge in [-0.05, 0) is 68.5 Å². The third-order valence-corrected chi connectivity index (χ3v) is 6.90. The zero-order valence-corrected chi connectivity index (χ0v) is 17.5. The second-order valence-corrected chi connectivity index (χ2v) is 8.42. The molecule has 10 heteroatoms. The Balaban J connectivity index is 0.000000351. The van der Waals surface area contributed by atoms with Crippen LogP contribution in [0.1, 0.15) is 43.2 Å². The molecule has 1 aromatic rings. The number of hydrogen-bond acceptors (Lipinski definition) is 6. The number of aliphatic hydroxyl groups is 2. The van der Waals surface area contributed by atoms with Crippen LogP contribution in [-0.2, 0) is 21.4 Å². The first-order valence-corrected chi connectivity index (χ1v) is 10.0. The molecule has 9 N–H and O–H groups in total. The molecule has 0 spiro atoms. The fourth-order valence-electron chi connectivity index (χ4n) is 5.45. The molecule has 2 bridgehead atoms. The maximum absolute atomic E-state index is 9.91. The van der Waals surface area contributed by atoms with Gasteiger partial charge in [-0.2, -0.15) is 0 Å². The van der Waals surface area contributed by atoms with Crippen molar-refractivity contribution in [3.05, 3.63) is 29.3 Å². The summed E-state index contributed by atoms with van der Waals surface area (Å²) in [5.41, 5.74) is 3.36. The third-order valence-electron chi connectivity index (χ3n) is 6.90. The highest BCUT2D eigenvalue weighted by Gasteiger charge is 2.53. The summed E-state index contributed by atoms with van der Waals surface area (Å²) in [5, 5.41) is 42.4. The number of carboxylic acids is 2. The molecule has 10 nitrogen and oxygen atoms in total. The van der Waals surface area contributed by atoms with Crippen molar-refractivity contribution in [3.8, 4) is 5.75 Å². The van der Waals surface area contributed by atoms with E-state index in [1.807, 2.05) is 6.07 Å². The Kier molecular flexibility index (Phi) is 8.97. The first-order valence-electron chi connectivity index (χ1n) is 10.0. The Labute approximate surface area is 180 Å². The Morgan fingerprint density at radius 3 is 2.26 bits per heavy atom. The minimum atomic E-state index is -2.27. The van der Waals surface area contributed by atoms with Gasteiger partial charge in [0.2, 0.25) is 0 Å². The minimum Gasteiger partial charge on any atom is -0.508 e. The van der Waals surface area contributed by atoms with Crippen molar-refractivity contribution in [2.24, 2.45) is 5.92 Å². The molecule has 1 saturated carbocycles. The average molecular weight is 443 g/mol. The Hall–Kier alpha value is -2.24. The number of carboxylic acid groups (broad SMARTS) is 2. The lowest BCUT2D eigenvalue weighted by molar-refractivity contribution is -0.165. The maximum atomic E-state index is 9.91. The van der Waals surface area contributed by atoms with Crippen LogP contribution in [0.3, 0.4) is 0 Å². The van der Waals surface area contributed by atoms with Crippen molar-refractivity contribution >= 4 is 11.9 Å². The predicted molar refractivity (Wildman–Crippen MR) is 111 cm³/mol. The molecule has 1 heterocycles. The van der Waals surface area contributed by atoms with Crippen LogP contribution < -0.4 is 0 Å². The number of phenolic OH excluding ortho intramolecular Hbond substituents is 1. The van der Waals surface area contributed by atoms with Crippen molar-refractivity contribution in [3.63, 3.8) is 0 Å². The largest absolute Gasteiger partial charge is 0.508 e. The number of likely N-dealkylation sites (tertiary alicyclic amines) is 1. The molecule has 2 fully saturated rings. The number of rotatable bonds is 3. The normalized spacial score (nSPS) is 28.1. The van der Waals surface area contributed by atoms with Gasteiger partial charge in [0, 0.05) is 11.5 Å². The smallest absolute Gasteiger partial charge is 0.335 e. The van der Waals surface area contributed by atoms with Gasteiger partial charge in [-0.3, -0.25) is 0 Å². The molecule has 1 saturated heterocycles. The molecule has 0 unspecified atom stereocenters. The van der Waals surface area contributed by atoms with E-state index in [2.05, 4.69) is 24.1 Å². The highest BCUT2D eigenvalue weighted by molar-refractivity contribution is 5.83. The molecule has 4 rings (SSSR count). The maximum Gasteiger partial charge on any atom is 0.335 e. The van der Waals surface area contributed by atoms with E-state index in [0.29, 0.717) is 11.2 Å². The Bertz CT molecular complexity index is 768. The van der Waals surface area contributed by atoms with E-state index in [1.165, 1.54) is 56.2 Å². The first kappa shape index (κ1) is 26.8. The highest BCUT2D eigenvalue weighted by atomic mass is 16.4. The van der Waals surface area contributed by atoms with Crippen LogP contribution in [-0.4, -0.2) is 85.2 Å². The van der Waals surface area contributed by atoms with E-state index in [1.54, 1.807) is 0 Å². The summed E-state index contributed by atoms with van der Waals surface area (Å²) in [7, 11) is 2.30. The van der Waals surface area contributed by atoms with E-state index in [0.717, 1.165) is 12.0 Å². The van der Waals surface area contributed by atoms with Crippen LogP contribution in [0.25, 0.3) is 0 Å². The second-order valence-electron chi connectivity index (χ2n) is 8.42. The SMILES string of the molecule is CN1CC[C@]23CCCC[C@H]2[C@H]1Cc1ccc(O)cc13.O.O.O=C(O)[C@@H](O)[C@H](O)C(=O)O. The van der Waals surface area contributed by atoms with Crippen molar-refractivity contribution in [2.45, 2.75) is 62.2 Å². The molecule has 3 aliphatic rings. The number of piperidine rings is 1. The fraction of sp³-hybridized carbons (Fsp3) is 0.619. The van der Waals surface area contributed by atoms with Gasteiger partial charge in [-0.1, -0.05) is 18.9 Å². The lowest BCUT2D eigenvalue weighted by atomic mass is 9.52. The molecule has 2 aliphatic carbocycles. The van der Waals surface area contributed by atoms with Crippen molar-refractivity contribution in [1.29, 1.82) is 0 Å². The lowest BCUT2D eigenvalue weighted by Crippen LogP contribution is -2.59. The molecule has 0 amide bonds. The fourth-order valence-corrected chi connectivity index (χ4v) is 5.45. The lowest BCUT2D eigenvalue weighted by Gasteiger charge is -2.58. The van der Waals surface area contributed by atoms with Crippen LogP contribution in [0, 0.1) is 5.92 Å². The van der Waals surface area contributed by atoms with Gasteiger partial charge in [0.05, 0.1) is 0 Å². The van der Waals surface area contributed by atoms with Crippen LogP contribution in [0.5, 0.6) is 5.75 Å². The molecule has 1 aromatic carbocycles. The second kappa shape index (κ2) is 10.4. The predicted octanol–water partition coefficient (Wildman–Crippen LogP) is -0.692. The van der Waals surface area contributed by atoms with E-state index in [4.69, 9.17) is 20.4 Å². The summed E-state index contributed by atoms with van der Waals surface area (Å²) >= 11 is 0. The van der Waals surface area contributed by atoms with Crippen molar-refractivity contribution in [1.82, 2.24) is 4.90 Å². The van der Waals surface area contributed by atoms with Gasteiger partial charge < -0.3 is 41.4 Å². The van der Waals surface area contributed by atoms with Crippen LogP contribution >= 0.6 is 0 Å². The van der Waals surface area contributed by atoms with Crippen molar-refractivity contribution < 1.29 is 46.1 Å². The third kappa shape index (κ3) is 4.99.